The smallest absolute Gasteiger partial charge is 0.358 e. The number of halogens is 3. The second-order valence-electron chi connectivity index (χ2n) is 2.54. The van der Waals surface area contributed by atoms with Crippen LogP contribution < -0.4 is 0 Å². The zero-order valence-electron chi connectivity index (χ0n) is 7.65. The third kappa shape index (κ3) is 2.43. The minimum absolute atomic E-state index is 0.614. The highest BCUT2D eigenvalue weighted by Gasteiger charge is 2.38. The number of nitro groups is 1. The summed E-state index contributed by atoms with van der Waals surface area (Å²) >= 11 is -0.720. The first-order chi connectivity index (χ1) is 7.26. The van der Waals surface area contributed by atoms with Gasteiger partial charge in [-0.1, -0.05) is 5.10 Å². The van der Waals surface area contributed by atoms with E-state index in [0.29, 0.717) is 4.68 Å². The molecule has 0 saturated carbocycles. The molecule has 0 fully saturated rings. The van der Waals surface area contributed by atoms with E-state index in [2.05, 4.69) is 5.10 Å². The number of nitrogens with zero attached hydrogens (tertiary/aromatic N) is 4. The van der Waals surface area contributed by atoms with Crippen LogP contribution in [0.1, 0.15) is 5.69 Å². The van der Waals surface area contributed by atoms with E-state index in [9.17, 15) is 23.3 Å². The molecule has 0 aliphatic rings. The lowest BCUT2D eigenvalue weighted by Gasteiger charge is -2.03. The van der Waals surface area contributed by atoms with Gasteiger partial charge in [-0.25, -0.2) is 0 Å². The molecule has 0 aliphatic heterocycles. The minimum Gasteiger partial charge on any atom is -0.358 e. The van der Waals surface area contributed by atoms with Crippen molar-refractivity contribution in [2.75, 3.05) is 0 Å². The third-order valence-corrected chi connectivity index (χ3v) is 2.28. The Bertz CT molecular complexity index is 475. The number of hydrogen-bond donors (Lipinski definition) is 0. The normalized spacial score (nSPS) is 11.2. The maximum atomic E-state index is 12.1. The van der Waals surface area contributed by atoms with E-state index in [1.807, 2.05) is 0 Å². The van der Waals surface area contributed by atoms with E-state index in [-0.39, 0.29) is 0 Å². The van der Waals surface area contributed by atoms with Crippen molar-refractivity contribution in [2.45, 2.75) is 10.4 Å². The molecule has 0 amide bonds. The molecular weight excluding hydrogens is 249 g/mol. The van der Waals surface area contributed by atoms with Gasteiger partial charge in [0.15, 0.2) is 4.90 Å². The number of nitriles is 1. The van der Waals surface area contributed by atoms with Gasteiger partial charge in [0.1, 0.15) is 13.1 Å². The molecule has 0 unspecified atom stereocenters. The Labute approximate surface area is 90.8 Å². The molecule has 0 spiro atoms. The number of hydrogen-bond acceptors (Lipinski definition) is 5. The maximum Gasteiger partial charge on any atom is 0.446 e. The molecule has 16 heavy (non-hydrogen) atoms. The molecule has 0 bridgehead atoms. The van der Waals surface area contributed by atoms with Gasteiger partial charge >= 0.3 is 11.3 Å². The van der Waals surface area contributed by atoms with Gasteiger partial charge in [0, 0.05) is 0 Å². The number of rotatable bonds is 2. The molecule has 1 aromatic rings. The molecule has 6 nitrogen and oxygen atoms in total. The summed E-state index contributed by atoms with van der Waals surface area (Å²) in [6, 6.07) is 1.38. The molecule has 10 heteroatoms. The van der Waals surface area contributed by atoms with Gasteiger partial charge in [0.2, 0.25) is 5.69 Å². The monoisotopic (exact) mass is 252 g/mol. The Morgan fingerprint density at radius 3 is 2.56 bits per heavy atom. The highest BCUT2D eigenvalue weighted by atomic mass is 32.2. The molecule has 0 aromatic carbocycles. The van der Waals surface area contributed by atoms with Crippen LogP contribution in [-0.2, 0) is 7.05 Å². The van der Waals surface area contributed by atoms with Crippen molar-refractivity contribution >= 4 is 17.6 Å². The number of thioether (sulfide) groups is 1. The summed E-state index contributed by atoms with van der Waals surface area (Å²) in [5, 5.41) is 22.3. The third-order valence-electron chi connectivity index (χ3n) is 1.47. The van der Waals surface area contributed by atoms with E-state index in [1.165, 1.54) is 6.07 Å². The molecule has 0 radical (unpaired) electrons. The van der Waals surface area contributed by atoms with Crippen molar-refractivity contribution in [3.8, 4) is 6.07 Å². The van der Waals surface area contributed by atoms with Crippen molar-refractivity contribution in [1.82, 2.24) is 9.78 Å². The minimum atomic E-state index is -4.71. The fourth-order valence-corrected chi connectivity index (χ4v) is 1.69. The Morgan fingerprint density at radius 1 is 1.62 bits per heavy atom. The van der Waals surface area contributed by atoms with Crippen LogP contribution in [0.3, 0.4) is 0 Å². The quantitative estimate of drug-likeness (QED) is 0.455. The van der Waals surface area contributed by atoms with Crippen LogP contribution in [-0.4, -0.2) is 20.2 Å². The van der Waals surface area contributed by atoms with E-state index in [4.69, 9.17) is 5.26 Å². The average Bonchev–Trinajstić information content (AvgIpc) is 2.39. The summed E-state index contributed by atoms with van der Waals surface area (Å²) in [7, 11) is 1.10. The summed E-state index contributed by atoms with van der Waals surface area (Å²) < 4.78 is 36.9. The number of aromatic nitrogens is 2. The maximum absolute atomic E-state index is 12.1. The summed E-state index contributed by atoms with van der Waals surface area (Å²) in [5.41, 5.74) is -5.32. The van der Waals surface area contributed by atoms with Crippen molar-refractivity contribution < 1.29 is 18.1 Å². The van der Waals surface area contributed by atoms with E-state index >= 15 is 0 Å². The van der Waals surface area contributed by atoms with Crippen molar-refractivity contribution in [3.05, 3.63) is 15.8 Å². The zero-order valence-corrected chi connectivity index (χ0v) is 8.46. The van der Waals surface area contributed by atoms with Crippen molar-refractivity contribution in [3.63, 3.8) is 0 Å². The first-order valence-electron chi connectivity index (χ1n) is 3.63. The fourth-order valence-electron chi connectivity index (χ4n) is 0.980. The van der Waals surface area contributed by atoms with Crippen molar-refractivity contribution in [1.29, 1.82) is 5.26 Å². The van der Waals surface area contributed by atoms with Crippen LogP contribution in [0, 0.1) is 21.4 Å². The molecule has 0 saturated heterocycles. The van der Waals surface area contributed by atoms with Crippen LogP contribution in [0.25, 0.3) is 0 Å². The van der Waals surface area contributed by atoms with Crippen LogP contribution >= 0.6 is 11.8 Å². The summed E-state index contributed by atoms with van der Waals surface area (Å²) in [6.07, 6.45) is 0. The van der Waals surface area contributed by atoms with E-state index in [1.54, 1.807) is 0 Å². The summed E-state index contributed by atoms with van der Waals surface area (Å²) in [4.78, 5) is 8.71. The predicted octanol–water partition coefficient (Wildman–Crippen LogP) is 1.81. The number of aryl methyl sites for hydroxylation is 1. The molecule has 1 heterocycles. The van der Waals surface area contributed by atoms with Gasteiger partial charge in [-0.05, 0) is 16.7 Å². The molecule has 1 rings (SSSR count). The Morgan fingerprint density at radius 2 is 2.19 bits per heavy atom. The number of alkyl halides is 3. The molecule has 0 aliphatic carbocycles. The van der Waals surface area contributed by atoms with Gasteiger partial charge in [0.25, 0.3) is 0 Å². The molecular formula is C6H3F3N4O2S. The van der Waals surface area contributed by atoms with E-state index in [0.717, 1.165) is 7.05 Å². The fraction of sp³-hybridized carbons (Fsp3) is 0.333. The Hall–Kier alpha value is -1.76. The first kappa shape index (κ1) is 12.3. The van der Waals surface area contributed by atoms with Gasteiger partial charge in [-0.3, -0.25) is 0 Å². The lowest BCUT2D eigenvalue weighted by atomic mass is 10.4. The highest BCUT2D eigenvalue weighted by molar-refractivity contribution is 8.00. The lowest BCUT2D eigenvalue weighted by Crippen LogP contribution is -2.03. The largest absolute Gasteiger partial charge is 0.446 e. The second kappa shape index (κ2) is 4.01. The average molecular weight is 252 g/mol. The second-order valence-corrected chi connectivity index (χ2v) is 3.62. The first-order valence-corrected chi connectivity index (χ1v) is 4.45. The molecule has 1 aromatic heterocycles. The van der Waals surface area contributed by atoms with E-state index < -0.39 is 38.6 Å². The standard InChI is InChI=1S/C6H3F3N4O2S/c1-12-5(13(14)15)4(3(2-10)11-12)16-6(7,8)9/h1H3. The molecule has 0 atom stereocenters. The predicted molar refractivity (Wildman–Crippen MR) is 46.5 cm³/mol. The van der Waals surface area contributed by atoms with Crippen LogP contribution in [0.15, 0.2) is 4.90 Å². The van der Waals surface area contributed by atoms with Crippen LogP contribution in [0.5, 0.6) is 0 Å². The zero-order chi connectivity index (χ0) is 12.5. The summed E-state index contributed by atoms with van der Waals surface area (Å²) in [6.45, 7) is 0. The Balaban J connectivity index is 3.34. The SMILES string of the molecule is Cn1nc(C#N)c(SC(F)(F)F)c1[N+](=O)[O-]. The highest BCUT2D eigenvalue weighted by Crippen LogP contribution is 2.42. The molecule has 86 valence electrons. The van der Waals surface area contributed by atoms with Gasteiger partial charge < -0.3 is 10.1 Å². The van der Waals surface area contributed by atoms with Crippen molar-refractivity contribution in [2.24, 2.45) is 7.05 Å². The molecule has 0 N–H and O–H groups in total. The Kier molecular flexibility index (Phi) is 3.09. The topological polar surface area (TPSA) is 84.8 Å². The van der Waals surface area contributed by atoms with Gasteiger partial charge in [0.05, 0.1) is 0 Å². The van der Waals surface area contributed by atoms with Gasteiger partial charge in [-0.2, -0.15) is 18.4 Å². The van der Waals surface area contributed by atoms with Crippen LogP contribution in [0.4, 0.5) is 19.0 Å². The summed E-state index contributed by atoms with van der Waals surface area (Å²) in [5.74, 6) is -0.848. The lowest BCUT2D eigenvalue weighted by molar-refractivity contribution is -0.395. The van der Waals surface area contributed by atoms with Crippen LogP contribution in [0.2, 0.25) is 0 Å². The van der Waals surface area contributed by atoms with Gasteiger partial charge in [-0.15, -0.1) is 4.68 Å².